The minimum Gasteiger partial charge on any atom is -0.491 e. The van der Waals surface area contributed by atoms with E-state index >= 15 is 0 Å². The molecule has 116 valence electrons. The van der Waals surface area contributed by atoms with Crippen molar-refractivity contribution in [2.24, 2.45) is 0 Å². The lowest BCUT2D eigenvalue weighted by Gasteiger charge is -2.12. The van der Waals surface area contributed by atoms with Gasteiger partial charge in [0, 0.05) is 12.3 Å². The summed E-state index contributed by atoms with van der Waals surface area (Å²) in [4.78, 5) is 16.0. The summed E-state index contributed by atoms with van der Waals surface area (Å²) in [6, 6.07) is 10.3. The number of hydrogen-bond donors (Lipinski definition) is 2. The van der Waals surface area contributed by atoms with Gasteiger partial charge in [-0.05, 0) is 38.1 Å². The van der Waals surface area contributed by atoms with E-state index in [4.69, 9.17) is 16.3 Å². The molecule has 0 aliphatic rings. The highest BCUT2D eigenvalue weighted by Crippen LogP contribution is 2.27. The zero-order valence-electron chi connectivity index (χ0n) is 12.5. The maximum absolute atomic E-state index is 11.9. The highest BCUT2D eigenvalue weighted by molar-refractivity contribution is 6.33. The summed E-state index contributed by atoms with van der Waals surface area (Å²) in [5.74, 6) is 0.666. The number of carbonyl (C=O) groups excluding carboxylic acids is 1. The van der Waals surface area contributed by atoms with Crippen LogP contribution in [-0.2, 0) is 6.54 Å². The van der Waals surface area contributed by atoms with Crippen molar-refractivity contribution < 1.29 is 9.53 Å². The van der Waals surface area contributed by atoms with Gasteiger partial charge in [0.1, 0.15) is 5.75 Å². The van der Waals surface area contributed by atoms with E-state index in [1.54, 1.807) is 24.4 Å². The molecule has 0 unspecified atom stereocenters. The molecule has 0 bridgehead atoms. The first-order chi connectivity index (χ1) is 10.5. The molecular weight excluding hydrogens is 302 g/mol. The molecule has 0 saturated carbocycles. The van der Waals surface area contributed by atoms with E-state index in [0.717, 1.165) is 5.69 Å². The van der Waals surface area contributed by atoms with Gasteiger partial charge in [0.2, 0.25) is 0 Å². The number of urea groups is 1. The third-order valence-corrected chi connectivity index (χ3v) is 3.03. The molecule has 0 spiro atoms. The van der Waals surface area contributed by atoms with Crippen LogP contribution < -0.4 is 15.4 Å². The number of halogens is 1. The van der Waals surface area contributed by atoms with Crippen LogP contribution in [0.15, 0.2) is 42.6 Å². The van der Waals surface area contributed by atoms with Crippen LogP contribution in [0.4, 0.5) is 10.5 Å². The number of nitrogens with one attached hydrogen (secondary N) is 2. The van der Waals surface area contributed by atoms with Crippen molar-refractivity contribution in [3.05, 3.63) is 53.3 Å². The van der Waals surface area contributed by atoms with Crippen LogP contribution in [-0.4, -0.2) is 17.1 Å². The third-order valence-electron chi connectivity index (χ3n) is 2.72. The maximum atomic E-state index is 11.9. The number of aromatic nitrogens is 1. The molecule has 2 amide bonds. The van der Waals surface area contributed by atoms with Gasteiger partial charge in [-0.3, -0.25) is 4.98 Å². The predicted octanol–water partition coefficient (Wildman–Crippen LogP) is 3.84. The molecule has 2 aromatic rings. The smallest absolute Gasteiger partial charge is 0.319 e. The monoisotopic (exact) mass is 319 g/mol. The fourth-order valence-electron chi connectivity index (χ4n) is 1.78. The Morgan fingerprint density at radius 3 is 2.77 bits per heavy atom. The molecule has 5 nitrogen and oxygen atoms in total. The van der Waals surface area contributed by atoms with Crippen LogP contribution in [0, 0.1) is 0 Å². The quantitative estimate of drug-likeness (QED) is 0.880. The predicted molar refractivity (Wildman–Crippen MR) is 87.3 cm³/mol. The van der Waals surface area contributed by atoms with Gasteiger partial charge in [-0.15, -0.1) is 0 Å². The molecule has 0 atom stereocenters. The summed E-state index contributed by atoms with van der Waals surface area (Å²) in [7, 11) is 0. The minimum atomic E-state index is -0.343. The van der Waals surface area contributed by atoms with E-state index in [-0.39, 0.29) is 12.1 Å². The number of rotatable bonds is 5. The highest BCUT2D eigenvalue weighted by atomic mass is 35.5. The van der Waals surface area contributed by atoms with Crippen molar-refractivity contribution in [2.75, 3.05) is 5.32 Å². The summed E-state index contributed by atoms with van der Waals surface area (Å²) in [5, 5.41) is 5.84. The van der Waals surface area contributed by atoms with Crippen molar-refractivity contribution in [2.45, 2.75) is 26.5 Å². The first-order valence-electron chi connectivity index (χ1n) is 6.95. The van der Waals surface area contributed by atoms with E-state index in [1.807, 2.05) is 32.0 Å². The Labute approximate surface area is 134 Å². The van der Waals surface area contributed by atoms with Gasteiger partial charge in [-0.25, -0.2) is 4.79 Å². The maximum Gasteiger partial charge on any atom is 0.319 e. The highest BCUT2D eigenvalue weighted by Gasteiger charge is 2.08. The van der Waals surface area contributed by atoms with Crippen LogP contribution in [0.25, 0.3) is 0 Å². The number of hydrogen-bond acceptors (Lipinski definition) is 3. The molecule has 6 heteroatoms. The summed E-state index contributed by atoms with van der Waals surface area (Å²) >= 11 is 6.14. The van der Waals surface area contributed by atoms with Crippen LogP contribution >= 0.6 is 11.6 Å². The normalized spacial score (nSPS) is 10.4. The van der Waals surface area contributed by atoms with Crippen molar-refractivity contribution in [3.8, 4) is 5.75 Å². The molecule has 2 rings (SSSR count). The first-order valence-corrected chi connectivity index (χ1v) is 7.33. The van der Waals surface area contributed by atoms with Crippen molar-refractivity contribution in [1.29, 1.82) is 0 Å². The first kappa shape index (κ1) is 16.1. The Morgan fingerprint density at radius 2 is 2.14 bits per heavy atom. The number of ether oxygens (including phenoxy) is 1. The van der Waals surface area contributed by atoms with Gasteiger partial charge in [0.25, 0.3) is 0 Å². The lowest BCUT2D eigenvalue weighted by atomic mass is 10.3. The van der Waals surface area contributed by atoms with Crippen LogP contribution in [0.5, 0.6) is 5.75 Å². The molecule has 0 fully saturated rings. The topological polar surface area (TPSA) is 63.2 Å². The van der Waals surface area contributed by atoms with Crippen LogP contribution in [0.3, 0.4) is 0 Å². The summed E-state index contributed by atoms with van der Waals surface area (Å²) in [6.07, 6.45) is 1.75. The van der Waals surface area contributed by atoms with Crippen molar-refractivity contribution in [3.63, 3.8) is 0 Å². The number of nitrogens with zero attached hydrogens (tertiary/aromatic N) is 1. The average Bonchev–Trinajstić information content (AvgIpc) is 2.48. The Hall–Kier alpha value is -2.27. The van der Waals surface area contributed by atoms with Gasteiger partial charge in [0.15, 0.2) is 0 Å². The molecule has 0 aliphatic carbocycles. The van der Waals surface area contributed by atoms with Gasteiger partial charge >= 0.3 is 6.03 Å². The summed E-state index contributed by atoms with van der Waals surface area (Å²) in [6.45, 7) is 4.22. The second-order valence-corrected chi connectivity index (χ2v) is 5.34. The average molecular weight is 320 g/mol. The number of carbonyl (C=O) groups is 1. The minimum absolute atomic E-state index is 0.0662. The second kappa shape index (κ2) is 7.66. The van der Waals surface area contributed by atoms with E-state index in [9.17, 15) is 4.79 Å². The molecule has 1 aromatic carbocycles. The SMILES string of the molecule is CC(C)Oc1ccc(NC(=O)NCc2ccccn2)c(Cl)c1. The molecule has 0 saturated heterocycles. The standard InChI is InChI=1S/C16H18ClN3O2/c1-11(2)22-13-6-7-15(14(17)9-13)20-16(21)19-10-12-5-3-4-8-18-12/h3-9,11H,10H2,1-2H3,(H2,19,20,21). The summed E-state index contributed by atoms with van der Waals surface area (Å²) < 4.78 is 5.54. The molecular formula is C16H18ClN3O2. The zero-order valence-corrected chi connectivity index (χ0v) is 13.2. The Bertz CT molecular complexity index is 633. The largest absolute Gasteiger partial charge is 0.491 e. The van der Waals surface area contributed by atoms with Gasteiger partial charge in [0.05, 0.1) is 29.1 Å². The fraction of sp³-hybridized carbons (Fsp3) is 0.250. The third kappa shape index (κ3) is 4.93. The number of pyridine rings is 1. The van der Waals surface area contributed by atoms with E-state index < -0.39 is 0 Å². The van der Waals surface area contributed by atoms with Crippen LogP contribution in [0.1, 0.15) is 19.5 Å². The second-order valence-electron chi connectivity index (χ2n) is 4.94. The Balaban J connectivity index is 1.91. The molecule has 1 heterocycles. The number of benzene rings is 1. The molecule has 0 radical (unpaired) electrons. The molecule has 2 N–H and O–H groups in total. The van der Waals surface area contributed by atoms with Crippen molar-refractivity contribution >= 4 is 23.3 Å². The summed E-state index contributed by atoms with van der Waals surface area (Å²) in [5.41, 5.74) is 1.31. The lowest BCUT2D eigenvalue weighted by Crippen LogP contribution is -2.28. The Kier molecular flexibility index (Phi) is 5.61. The number of amides is 2. The fourth-order valence-corrected chi connectivity index (χ4v) is 2.00. The Morgan fingerprint density at radius 1 is 1.32 bits per heavy atom. The molecule has 1 aromatic heterocycles. The molecule has 22 heavy (non-hydrogen) atoms. The zero-order chi connectivity index (χ0) is 15.9. The van der Waals surface area contributed by atoms with Gasteiger partial charge in [-0.2, -0.15) is 0 Å². The molecule has 0 aliphatic heterocycles. The van der Waals surface area contributed by atoms with Crippen molar-refractivity contribution in [1.82, 2.24) is 10.3 Å². The lowest BCUT2D eigenvalue weighted by molar-refractivity contribution is 0.242. The van der Waals surface area contributed by atoms with Gasteiger partial charge in [-0.1, -0.05) is 17.7 Å². The van der Waals surface area contributed by atoms with Crippen LogP contribution in [0.2, 0.25) is 5.02 Å². The van der Waals surface area contributed by atoms with E-state index in [0.29, 0.717) is 23.0 Å². The van der Waals surface area contributed by atoms with Gasteiger partial charge < -0.3 is 15.4 Å². The van der Waals surface area contributed by atoms with E-state index in [1.165, 1.54) is 0 Å². The number of anilines is 1. The van der Waals surface area contributed by atoms with E-state index in [2.05, 4.69) is 15.6 Å².